The van der Waals surface area contributed by atoms with Crippen LogP contribution in [0, 0.1) is 13.8 Å². The van der Waals surface area contributed by atoms with Crippen molar-refractivity contribution in [2.24, 2.45) is 0 Å². The summed E-state index contributed by atoms with van der Waals surface area (Å²) in [4.78, 5) is 22.9. The van der Waals surface area contributed by atoms with E-state index in [1.54, 1.807) is 11.3 Å². The summed E-state index contributed by atoms with van der Waals surface area (Å²) >= 11 is 1.57. The summed E-state index contributed by atoms with van der Waals surface area (Å²) < 4.78 is 0. The first kappa shape index (κ1) is 21.3. The third-order valence-corrected chi connectivity index (χ3v) is 6.87. The third kappa shape index (κ3) is 4.38. The van der Waals surface area contributed by atoms with Crippen molar-refractivity contribution in [3.05, 3.63) is 123 Å². The number of rotatable bonds is 6. The molecule has 5 heteroatoms. The predicted molar refractivity (Wildman–Crippen MR) is 137 cm³/mol. The highest BCUT2D eigenvalue weighted by atomic mass is 32.1. The third-order valence-electron chi connectivity index (χ3n) is 5.87. The van der Waals surface area contributed by atoms with Gasteiger partial charge in [-0.1, -0.05) is 90.5 Å². The van der Waals surface area contributed by atoms with E-state index in [0.717, 1.165) is 20.8 Å². The predicted octanol–water partition coefficient (Wildman–Crippen LogP) is 6.15. The average molecular weight is 452 g/mol. The Morgan fingerprint density at radius 3 is 2.09 bits per heavy atom. The molecule has 0 fully saturated rings. The normalized spacial score (nSPS) is 11.4. The summed E-state index contributed by atoms with van der Waals surface area (Å²) in [5, 5.41) is 4.27. The second-order valence-corrected chi connectivity index (χ2v) is 9.43. The van der Waals surface area contributed by atoms with Crippen LogP contribution in [0.25, 0.3) is 21.3 Å². The molecule has 0 atom stereocenters. The number of hydrogen-bond acceptors (Lipinski definition) is 4. The number of aryl methyl sites for hydroxylation is 2. The monoisotopic (exact) mass is 451 g/mol. The van der Waals surface area contributed by atoms with Crippen LogP contribution < -0.4 is 10.9 Å². The second kappa shape index (κ2) is 9.14. The molecule has 0 radical (unpaired) electrons. The number of aromatic nitrogens is 2. The highest BCUT2D eigenvalue weighted by Gasteiger charge is 2.18. The van der Waals surface area contributed by atoms with Crippen molar-refractivity contribution in [1.29, 1.82) is 0 Å². The summed E-state index contributed by atoms with van der Waals surface area (Å²) in [5.41, 5.74) is 5.47. The molecule has 5 rings (SSSR count). The van der Waals surface area contributed by atoms with Crippen molar-refractivity contribution in [3.8, 4) is 11.1 Å². The molecule has 0 aliphatic carbocycles. The number of benzene rings is 3. The van der Waals surface area contributed by atoms with Gasteiger partial charge in [-0.25, -0.2) is 4.98 Å². The van der Waals surface area contributed by atoms with Crippen LogP contribution in [0.4, 0.5) is 0 Å². The number of nitrogens with one attached hydrogen (secondary N) is 2. The van der Waals surface area contributed by atoms with Gasteiger partial charge in [0, 0.05) is 10.4 Å². The van der Waals surface area contributed by atoms with E-state index in [1.165, 1.54) is 16.7 Å². The van der Waals surface area contributed by atoms with E-state index in [0.29, 0.717) is 17.8 Å². The molecule has 3 aromatic carbocycles. The molecule has 2 N–H and O–H groups in total. The molecule has 33 heavy (non-hydrogen) atoms. The molecule has 5 aromatic rings. The highest BCUT2D eigenvalue weighted by Crippen LogP contribution is 2.35. The molecule has 0 unspecified atom stereocenters. The Labute approximate surface area is 197 Å². The first-order chi connectivity index (χ1) is 16.1. The van der Waals surface area contributed by atoms with Crippen LogP contribution in [0.3, 0.4) is 0 Å². The lowest BCUT2D eigenvalue weighted by atomic mass is 9.99. The standard InChI is InChI=1S/C28H25N3OS/c1-18-13-15-20(16-14-18)24-19(2)33-28-25(24)27(32)30-23(31-28)17-29-26(21-9-5-3-6-10-21)22-11-7-4-8-12-22/h3-16,26,29H,17H2,1-2H3,(H,30,31,32). The van der Waals surface area contributed by atoms with E-state index in [9.17, 15) is 4.79 Å². The van der Waals surface area contributed by atoms with Gasteiger partial charge in [0.15, 0.2) is 0 Å². The van der Waals surface area contributed by atoms with Crippen LogP contribution in [-0.2, 0) is 6.54 Å². The van der Waals surface area contributed by atoms with Crippen LogP contribution in [-0.4, -0.2) is 9.97 Å². The van der Waals surface area contributed by atoms with E-state index in [2.05, 4.69) is 72.7 Å². The topological polar surface area (TPSA) is 57.8 Å². The van der Waals surface area contributed by atoms with Crippen LogP contribution in [0.15, 0.2) is 89.7 Å². The molecule has 0 spiro atoms. The van der Waals surface area contributed by atoms with Gasteiger partial charge in [-0.2, -0.15) is 0 Å². The van der Waals surface area contributed by atoms with Gasteiger partial charge in [-0.05, 0) is 30.5 Å². The molecular weight excluding hydrogens is 426 g/mol. The molecule has 0 aliphatic heterocycles. The number of fused-ring (bicyclic) bond motifs is 1. The first-order valence-electron chi connectivity index (χ1n) is 11.0. The Bertz CT molecular complexity index is 1400. The van der Waals surface area contributed by atoms with Gasteiger partial charge in [0.05, 0.1) is 18.0 Å². The summed E-state index contributed by atoms with van der Waals surface area (Å²) in [7, 11) is 0. The van der Waals surface area contributed by atoms with Crippen molar-refractivity contribution in [3.63, 3.8) is 0 Å². The lowest BCUT2D eigenvalue weighted by molar-refractivity contribution is 0.587. The van der Waals surface area contributed by atoms with E-state index in [1.807, 2.05) is 36.4 Å². The minimum atomic E-state index is -0.0901. The van der Waals surface area contributed by atoms with Crippen LogP contribution >= 0.6 is 11.3 Å². The molecular formula is C28H25N3OS. The Morgan fingerprint density at radius 2 is 1.48 bits per heavy atom. The van der Waals surface area contributed by atoms with Gasteiger partial charge < -0.3 is 4.98 Å². The van der Waals surface area contributed by atoms with E-state index >= 15 is 0 Å². The maximum Gasteiger partial charge on any atom is 0.260 e. The van der Waals surface area contributed by atoms with Crippen molar-refractivity contribution in [1.82, 2.24) is 15.3 Å². The molecule has 164 valence electrons. The average Bonchev–Trinajstić information content (AvgIpc) is 3.17. The number of nitrogens with zero attached hydrogens (tertiary/aromatic N) is 1. The summed E-state index contributed by atoms with van der Waals surface area (Å²) in [6.07, 6.45) is 0. The molecule has 0 amide bonds. The molecule has 2 heterocycles. The zero-order valence-corrected chi connectivity index (χ0v) is 19.4. The first-order valence-corrected chi connectivity index (χ1v) is 11.8. The van der Waals surface area contributed by atoms with Crippen LogP contribution in [0.5, 0.6) is 0 Å². The lowest BCUT2D eigenvalue weighted by Gasteiger charge is -2.19. The van der Waals surface area contributed by atoms with Gasteiger partial charge in [0.1, 0.15) is 10.7 Å². The van der Waals surface area contributed by atoms with E-state index < -0.39 is 0 Å². The molecule has 0 bridgehead atoms. The second-order valence-electron chi connectivity index (χ2n) is 8.23. The Hall–Kier alpha value is -3.54. The molecule has 4 nitrogen and oxygen atoms in total. The molecule has 0 saturated carbocycles. The van der Waals surface area contributed by atoms with Gasteiger partial charge in [0.2, 0.25) is 0 Å². The van der Waals surface area contributed by atoms with E-state index in [-0.39, 0.29) is 11.6 Å². The number of hydrogen-bond donors (Lipinski definition) is 2. The smallest absolute Gasteiger partial charge is 0.260 e. The van der Waals surface area contributed by atoms with Crippen molar-refractivity contribution >= 4 is 21.6 Å². The summed E-state index contributed by atoms with van der Waals surface area (Å²) in [6.45, 7) is 4.57. The van der Waals surface area contributed by atoms with Gasteiger partial charge in [0.25, 0.3) is 5.56 Å². The molecule has 0 saturated heterocycles. The molecule has 2 aromatic heterocycles. The molecule has 0 aliphatic rings. The Morgan fingerprint density at radius 1 is 0.879 bits per heavy atom. The minimum Gasteiger partial charge on any atom is -0.309 e. The Kier molecular flexibility index (Phi) is 5.90. The van der Waals surface area contributed by atoms with Gasteiger partial charge in [-0.3, -0.25) is 10.1 Å². The van der Waals surface area contributed by atoms with Crippen molar-refractivity contribution in [2.45, 2.75) is 26.4 Å². The zero-order chi connectivity index (χ0) is 22.8. The van der Waals surface area contributed by atoms with Gasteiger partial charge >= 0.3 is 0 Å². The quantitative estimate of drug-likeness (QED) is 0.326. The van der Waals surface area contributed by atoms with Gasteiger partial charge in [-0.15, -0.1) is 11.3 Å². The number of thiophene rings is 1. The largest absolute Gasteiger partial charge is 0.309 e. The SMILES string of the molecule is Cc1ccc(-c2c(C)sc3nc(CNC(c4ccccc4)c4ccccc4)[nH]c(=O)c23)cc1. The fourth-order valence-corrected chi connectivity index (χ4v) is 5.30. The van der Waals surface area contributed by atoms with Crippen LogP contribution in [0.1, 0.15) is 33.4 Å². The minimum absolute atomic E-state index is 0.00147. The number of H-pyrrole nitrogens is 1. The van der Waals surface area contributed by atoms with E-state index in [4.69, 9.17) is 4.98 Å². The maximum absolute atomic E-state index is 13.1. The van der Waals surface area contributed by atoms with Crippen molar-refractivity contribution in [2.75, 3.05) is 0 Å². The van der Waals surface area contributed by atoms with Crippen molar-refractivity contribution < 1.29 is 0 Å². The highest BCUT2D eigenvalue weighted by molar-refractivity contribution is 7.19. The fourth-order valence-electron chi connectivity index (χ4n) is 4.23. The summed E-state index contributed by atoms with van der Waals surface area (Å²) in [6, 6.07) is 28.9. The fraction of sp³-hybridized carbons (Fsp3) is 0.143. The Balaban J connectivity index is 1.48. The lowest BCUT2D eigenvalue weighted by Crippen LogP contribution is -2.24. The zero-order valence-electron chi connectivity index (χ0n) is 18.6. The van der Waals surface area contributed by atoms with Crippen LogP contribution in [0.2, 0.25) is 0 Å². The summed E-state index contributed by atoms with van der Waals surface area (Å²) in [5.74, 6) is 0.640. The maximum atomic E-state index is 13.1. The number of aromatic amines is 1.